The van der Waals surface area contributed by atoms with Crippen molar-refractivity contribution in [3.8, 4) is 11.5 Å². The molecule has 0 atom stereocenters. The monoisotopic (exact) mass is 309 g/mol. The Kier molecular flexibility index (Phi) is 3.34. The van der Waals surface area contributed by atoms with E-state index in [0.717, 1.165) is 16.7 Å². The van der Waals surface area contributed by atoms with Gasteiger partial charge in [0.25, 0.3) is 0 Å². The minimum absolute atomic E-state index is 0.106. The van der Waals surface area contributed by atoms with Crippen molar-refractivity contribution in [2.24, 2.45) is 0 Å². The van der Waals surface area contributed by atoms with Crippen LogP contribution >= 0.6 is 0 Å². The van der Waals surface area contributed by atoms with Gasteiger partial charge in [0.15, 0.2) is 11.5 Å². The van der Waals surface area contributed by atoms with Crippen LogP contribution in [0.15, 0.2) is 48.8 Å². The summed E-state index contributed by atoms with van der Waals surface area (Å²) in [6.07, 6.45) is 1.65. The van der Waals surface area contributed by atoms with Gasteiger partial charge in [-0.2, -0.15) is 0 Å². The molecule has 6 nitrogen and oxygen atoms in total. The molecule has 3 aromatic rings. The van der Waals surface area contributed by atoms with E-state index in [9.17, 15) is 4.79 Å². The van der Waals surface area contributed by atoms with Crippen LogP contribution in [0.2, 0.25) is 0 Å². The Bertz CT molecular complexity index is 858. The Morgan fingerprint density at radius 2 is 1.87 bits per heavy atom. The average molecular weight is 309 g/mol. The molecule has 0 unspecified atom stereocenters. The van der Waals surface area contributed by atoms with Crippen LogP contribution < -0.4 is 14.8 Å². The molecule has 0 saturated carbocycles. The van der Waals surface area contributed by atoms with Gasteiger partial charge < -0.3 is 19.4 Å². The maximum absolute atomic E-state index is 12.2. The van der Waals surface area contributed by atoms with Gasteiger partial charge in [0.2, 0.25) is 5.91 Å². The van der Waals surface area contributed by atoms with Crippen molar-refractivity contribution in [1.29, 1.82) is 0 Å². The fourth-order valence-electron chi connectivity index (χ4n) is 2.60. The molecule has 0 aliphatic carbocycles. The number of amides is 1. The summed E-state index contributed by atoms with van der Waals surface area (Å²) in [6.45, 7) is 1.25. The SMILES string of the molecule is O=C(Cn1cnc2cc3c(cc21)OCCO3)Nc1ccccc1. The molecule has 116 valence electrons. The number of ether oxygens (including phenoxy) is 2. The van der Waals surface area contributed by atoms with Crippen LogP contribution in [0.25, 0.3) is 11.0 Å². The largest absolute Gasteiger partial charge is 0.486 e. The third-order valence-electron chi connectivity index (χ3n) is 3.66. The molecule has 0 radical (unpaired) electrons. The highest BCUT2D eigenvalue weighted by Crippen LogP contribution is 2.34. The van der Waals surface area contributed by atoms with Crippen LogP contribution in [0, 0.1) is 0 Å². The molecule has 2 heterocycles. The molecule has 0 spiro atoms. The first-order valence-corrected chi connectivity index (χ1v) is 7.39. The lowest BCUT2D eigenvalue weighted by Gasteiger charge is -2.18. The van der Waals surface area contributed by atoms with Crippen molar-refractivity contribution >= 4 is 22.6 Å². The average Bonchev–Trinajstić information content (AvgIpc) is 2.95. The fourth-order valence-corrected chi connectivity index (χ4v) is 2.60. The van der Waals surface area contributed by atoms with E-state index in [1.165, 1.54) is 0 Å². The van der Waals surface area contributed by atoms with Crippen LogP contribution in [0.4, 0.5) is 5.69 Å². The summed E-state index contributed by atoms with van der Waals surface area (Å²) >= 11 is 0. The van der Waals surface area contributed by atoms with Crippen LogP contribution in [-0.4, -0.2) is 28.7 Å². The highest BCUT2D eigenvalue weighted by Gasteiger charge is 2.16. The number of fused-ring (bicyclic) bond motifs is 2. The van der Waals surface area contributed by atoms with E-state index in [0.29, 0.717) is 24.7 Å². The van der Waals surface area contributed by atoms with E-state index in [4.69, 9.17) is 9.47 Å². The zero-order chi connectivity index (χ0) is 15.6. The second kappa shape index (κ2) is 5.64. The first-order chi connectivity index (χ1) is 11.3. The number of para-hydroxylation sites is 1. The van der Waals surface area contributed by atoms with E-state index in [1.807, 2.05) is 42.5 Å². The van der Waals surface area contributed by atoms with Crippen LogP contribution in [0.1, 0.15) is 0 Å². The van der Waals surface area contributed by atoms with Gasteiger partial charge in [-0.15, -0.1) is 0 Å². The quantitative estimate of drug-likeness (QED) is 0.807. The first kappa shape index (κ1) is 13.6. The Balaban J connectivity index is 1.58. The van der Waals surface area contributed by atoms with E-state index in [-0.39, 0.29) is 12.5 Å². The van der Waals surface area contributed by atoms with E-state index < -0.39 is 0 Å². The second-order valence-corrected chi connectivity index (χ2v) is 5.27. The number of nitrogens with zero attached hydrogens (tertiary/aromatic N) is 2. The van der Waals surface area contributed by atoms with Gasteiger partial charge >= 0.3 is 0 Å². The van der Waals surface area contributed by atoms with Crippen molar-refractivity contribution in [2.75, 3.05) is 18.5 Å². The maximum atomic E-state index is 12.2. The molecule has 0 bridgehead atoms. The van der Waals surface area contributed by atoms with Gasteiger partial charge in [0.1, 0.15) is 19.8 Å². The number of rotatable bonds is 3. The molecule has 1 amide bonds. The number of benzene rings is 2. The summed E-state index contributed by atoms with van der Waals surface area (Å²) < 4.78 is 12.9. The number of anilines is 1. The van der Waals surface area contributed by atoms with Gasteiger partial charge in [-0.3, -0.25) is 4.79 Å². The number of carbonyl (C=O) groups excluding carboxylic acids is 1. The van der Waals surface area contributed by atoms with Crippen LogP contribution in [0.5, 0.6) is 11.5 Å². The Morgan fingerprint density at radius 1 is 1.13 bits per heavy atom. The van der Waals surface area contributed by atoms with Crippen molar-refractivity contribution in [2.45, 2.75) is 6.54 Å². The normalized spacial score (nSPS) is 13.0. The second-order valence-electron chi connectivity index (χ2n) is 5.27. The molecule has 0 saturated heterocycles. The summed E-state index contributed by atoms with van der Waals surface area (Å²) in [7, 11) is 0. The van der Waals surface area contributed by atoms with E-state index in [1.54, 1.807) is 10.9 Å². The van der Waals surface area contributed by atoms with Gasteiger partial charge in [-0.1, -0.05) is 18.2 Å². The van der Waals surface area contributed by atoms with Crippen LogP contribution in [-0.2, 0) is 11.3 Å². The van der Waals surface area contributed by atoms with Crippen molar-refractivity contribution in [3.63, 3.8) is 0 Å². The number of aromatic nitrogens is 2. The van der Waals surface area contributed by atoms with Crippen molar-refractivity contribution < 1.29 is 14.3 Å². The van der Waals surface area contributed by atoms with E-state index in [2.05, 4.69) is 10.3 Å². The summed E-state index contributed by atoms with van der Waals surface area (Å²) in [5.74, 6) is 1.28. The summed E-state index contributed by atoms with van der Waals surface area (Å²) in [4.78, 5) is 16.5. The summed E-state index contributed by atoms with van der Waals surface area (Å²) in [5, 5.41) is 2.86. The Morgan fingerprint density at radius 3 is 2.65 bits per heavy atom. The molecular weight excluding hydrogens is 294 g/mol. The predicted molar refractivity (Wildman–Crippen MR) is 85.8 cm³/mol. The minimum atomic E-state index is -0.106. The third kappa shape index (κ3) is 2.70. The molecule has 4 rings (SSSR count). The van der Waals surface area contributed by atoms with Gasteiger partial charge in [0, 0.05) is 17.8 Å². The zero-order valence-corrected chi connectivity index (χ0v) is 12.4. The minimum Gasteiger partial charge on any atom is -0.486 e. The number of hydrogen-bond acceptors (Lipinski definition) is 4. The molecule has 1 N–H and O–H groups in total. The number of hydrogen-bond donors (Lipinski definition) is 1. The number of imidazole rings is 1. The maximum Gasteiger partial charge on any atom is 0.244 e. The summed E-state index contributed by atoms with van der Waals surface area (Å²) in [6, 6.07) is 13.1. The van der Waals surface area contributed by atoms with Crippen molar-refractivity contribution in [3.05, 3.63) is 48.8 Å². The molecule has 0 fully saturated rings. The lowest BCUT2D eigenvalue weighted by atomic mass is 10.2. The molecule has 1 aliphatic rings. The van der Waals surface area contributed by atoms with Gasteiger partial charge in [0.05, 0.1) is 17.4 Å². The van der Waals surface area contributed by atoms with Crippen LogP contribution in [0.3, 0.4) is 0 Å². The lowest BCUT2D eigenvalue weighted by molar-refractivity contribution is -0.116. The molecular formula is C17H15N3O3. The number of carbonyl (C=O) groups is 1. The molecule has 23 heavy (non-hydrogen) atoms. The predicted octanol–water partition coefficient (Wildman–Crippen LogP) is 2.45. The topological polar surface area (TPSA) is 65.4 Å². The van der Waals surface area contributed by atoms with Gasteiger partial charge in [-0.05, 0) is 12.1 Å². The van der Waals surface area contributed by atoms with E-state index >= 15 is 0 Å². The Labute approximate surface area is 132 Å². The fraction of sp³-hybridized carbons (Fsp3) is 0.176. The highest BCUT2D eigenvalue weighted by atomic mass is 16.6. The standard InChI is InChI=1S/C17H15N3O3/c21-17(19-12-4-2-1-3-5-12)10-20-11-18-13-8-15-16(9-14(13)20)23-7-6-22-15/h1-5,8-9,11H,6-7,10H2,(H,19,21). The molecule has 1 aliphatic heterocycles. The molecule has 2 aromatic carbocycles. The van der Waals surface area contributed by atoms with Crippen molar-refractivity contribution in [1.82, 2.24) is 9.55 Å². The third-order valence-corrected chi connectivity index (χ3v) is 3.66. The highest BCUT2D eigenvalue weighted by molar-refractivity contribution is 5.91. The van der Waals surface area contributed by atoms with Gasteiger partial charge in [-0.25, -0.2) is 4.98 Å². The lowest BCUT2D eigenvalue weighted by Crippen LogP contribution is -2.18. The first-order valence-electron chi connectivity index (χ1n) is 7.39. The Hall–Kier alpha value is -3.02. The summed E-state index contributed by atoms with van der Waals surface area (Å²) in [5.41, 5.74) is 2.40. The smallest absolute Gasteiger partial charge is 0.244 e. The number of nitrogens with one attached hydrogen (secondary N) is 1. The molecule has 6 heteroatoms. The zero-order valence-electron chi connectivity index (χ0n) is 12.4. The molecule has 1 aromatic heterocycles.